The monoisotopic (exact) mass is 290 g/mol. The van der Waals surface area contributed by atoms with Gasteiger partial charge in [-0.1, -0.05) is 12.8 Å². The molecule has 108 valence electrons. The summed E-state index contributed by atoms with van der Waals surface area (Å²) in [6.07, 6.45) is 7.64. The molecule has 0 spiro atoms. The molecule has 2 aliphatic heterocycles. The van der Waals surface area contributed by atoms with Crippen molar-refractivity contribution in [3.63, 3.8) is 0 Å². The molecule has 1 aliphatic carbocycles. The third-order valence-electron chi connectivity index (χ3n) is 4.78. The van der Waals surface area contributed by atoms with Gasteiger partial charge in [-0.3, -0.25) is 9.69 Å². The summed E-state index contributed by atoms with van der Waals surface area (Å²) in [6, 6.07) is 3.01. The summed E-state index contributed by atoms with van der Waals surface area (Å²) in [5, 5.41) is 0. The summed E-state index contributed by atoms with van der Waals surface area (Å²) in [5.41, 5.74) is 1.42. The van der Waals surface area contributed by atoms with E-state index in [2.05, 4.69) is 15.9 Å². The lowest BCUT2D eigenvalue weighted by Gasteiger charge is -2.19. The average molecular weight is 290 g/mol. The van der Waals surface area contributed by atoms with Gasteiger partial charge in [-0.15, -0.1) is 11.3 Å². The van der Waals surface area contributed by atoms with E-state index in [-0.39, 0.29) is 5.91 Å². The van der Waals surface area contributed by atoms with E-state index in [1.807, 2.05) is 0 Å². The molecule has 3 nitrogen and oxygen atoms in total. The highest BCUT2D eigenvalue weighted by molar-refractivity contribution is 7.14. The minimum atomic E-state index is 0.282. The lowest BCUT2D eigenvalue weighted by Crippen LogP contribution is -2.31. The molecule has 1 aromatic rings. The van der Waals surface area contributed by atoms with Crippen LogP contribution in [0.2, 0.25) is 0 Å². The number of amides is 1. The Bertz CT molecular complexity index is 489. The molecule has 0 N–H and O–H groups in total. The maximum Gasteiger partial charge on any atom is 0.263 e. The second-order valence-corrected chi connectivity index (χ2v) is 7.54. The summed E-state index contributed by atoms with van der Waals surface area (Å²) < 4.78 is 0. The maximum atomic E-state index is 12.6. The molecule has 3 aliphatic rings. The molecule has 20 heavy (non-hydrogen) atoms. The van der Waals surface area contributed by atoms with Crippen LogP contribution in [-0.4, -0.2) is 34.8 Å². The largest absolute Gasteiger partial charge is 0.338 e. The topological polar surface area (TPSA) is 23.6 Å². The highest BCUT2D eigenvalue weighted by Crippen LogP contribution is 2.38. The number of carbonyl (C=O) groups is 1. The quantitative estimate of drug-likeness (QED) is 0.835. The Kier molecular flexibility index (Phi) is 3.31. The zero-order valence-corrected chi connectivity index (χ0v) is 12.8. The van der Waals surface area contributed by atoms with Gasteiger partial charge in [-0.2, -0.15) is 0 Å². The number of thiophene rings is 1. The number of hydrogen-bond acceptors (Lipinski definition) is 3. The van der Waals surface area contributed by atoms with Gasteiger partial charge in [0, 0.05) is 37.1 Å². The van der Waals surface area contributed by atoms with Crippen LogP contribution >= 0.6 is 11.3 Å². The van der Waals surface area contributed by atoms with Crippen LogP contribution in [0.25, 0.3) is 0 Å². The minimum absolute atomic E-state index is 0.282. The predicted molar refractivity (Wildman–Crippen MR) is 81.0 cm³/mol. The van der Waals surface area contributed by atoms with E-state index >= 15 is 0 Å². The number of fused-ring (bicyclic) bond motifs is 1. The van der Waals surface area contributed by atoms with Crippen molar-refractivity contribution in [3.8, 4) is 0 Å². The molecule has 1 saturated carbocycles. The Morgan fingerprint density at radius 2 is 1.85 bits per heavy atom. The zero-order valence-electron chi connectivity index (χ0n) is 11.9. The van der Waals surface area contributed by atoms with E-state index in [9.17, 15) is 4.79 Å². The maximum absolute atomic E-state index is 12.6. The van der Waals surface area contributed by atoms with Gasteiger partial charge in [0.05, 0.1) is 4.88 Å². The summed E-state index contributed by atoms with van der Waals surface area (Å²) in [5.74, 6) is 0.282. The molecule has 0 aromatic carbocycles. The van der Waals surface area contributed by atoms with Gasteiger partial charge >= 0.3 is 0 Å². The molecule has 0 atom stereocenters. The Morgan fingerprint density at radius 1 is 1.10 bits per heavy atom. The van der Waals surface area contributed by atoms with Gasteiger partial charge in [0.25, 0.3) is 5.91 Å². The van der Waals surface area contributed by atoms with Gasteiger partial charge in [0.15, 0.2) is 0 Å². The Morgan fingerprint density at radius 3 is 2.50 bits per heavy atom. The second-order valence-electron chi connectivity index (χ2n) is 6.40. The average Bonchev–Trinajstić information content (AvgIpc) is 3.17. The van der Waals surface area contributed by atoms with Crippen LogP contribution in [0.4, 0.5) is 0 Å². The summed E-state index contributed by atoms with van der Waals surface area (Å²) in [4.78, 5) is 19.7. The highest BCUT2D eigenvalue weighted by Gasteiger charge is 2.34. The van der Waals surface area contributed by atoms with Gasteiger partial charge < -0.3 is 4.90 Å². The number of carbonyl (C=O) groups excluding carboxylic acids is 1. The summed E-state index contributed by atoms with van der Waals surface area (Å²) in [6.45, 7) is 4.06. The van der Waals surface area contributed by atoms with E-state index < -0.39 is 0 Å². The van der Waals surface area contributed by atoms with E-state index in [0.29, 0.717) is 0 Å². The van der Waals surface area contributed by atoms with Crippen molar-refractivity contribution < 1.29 is 4.79 Å². The molecule has 4 rings (SSSR count). The third-order valence-corrected chi connectivity index (χ3v) is 5.93. The van der Waals surface area contributed by atoms with Crippen LogP contribution in [0.5, 0.6) is 0 Å². The first-order valence-corrected chi connectivity index (χ1v) is 8.78. The predicted octanol–water partition coefficient (Wildman–Crippen LogP) is 3.24. The molecule has 1 saturated heterocycles. The molecule has 1 aromatic heterocycles. The summed E-state index contributed by atoms with van der Waals surface area (Å²) in [7, 11) is 0. The fourth-order valence-corrected chi connectivity index (χ4v) is 4.59. The van der Waals surface area contributed by atoms with Crippen molar-refractivity contribution in [1.82, 2.24) is 9.80 Å². The third kappa shape index (κ3) is 2.40. The van der Waals surface area contributed by atoms with E-state index in [4.69, 9.17) is 0 Å². The molecule has 0 unspecified atom stereocenters. The summed E-state index contributed by atoms with van der Waals surface area (Å²) >= 11 is 1.75. The number of likely N-dealkylation sites (tertiary alicyclic amines) is 1. The normalized spacial score (nSPS) is 23.7. The first-order chi connectivity index (χ1) is 9.81. The lowest BCUT2D eigenvalue weighted by molar-refractivity contribution is 0.0766. The molecule has 3 heterocycles. The molecular weight excluding hydrogens is 268 g/mol. The minimum Gasteiger partial charge on any atom is -0.338 e. The van der Waals surface area contributed by atoms with Crippen LogP contribution in [-0.2, 0) is 13.1 Å². The van der Waals surface area contributed by atoms with Crippen molar-refractivity contribution in [2.24, 2.45) is 0 Å². The molecule has 0 radical (unpaired) electrons. The fourth-order valence-electron chi connectivity index (χ4n) is 3.43. The second kappa shape index (κ2) is 5.15. The van der Waals surface area contributed by atoms with Crippen molar-refractivity contribution >= 4 is 17.2 Å². The molecule has 2 fully saturated rings. The van der Waals surface area contributed by atoms with Crippen LogP contribution in [0.15, 0.2) is 6.07 Å². The van der Waals surface area contributed by atoms with Gasteiger partial charge in [0.1, 0.15) is 0 Å². The van der Waals surface area contributed by atoms with Crippen molar-refractivity contribution in [1.29, 1.82) is 0 Å². The highest BCUT2D eigenvalue weighted by atomic mass is 32.1. The Labute approximate surface area is 124 Å². The number of hydrogen-bond donors (Lipinski definition) is 0. The van der Waals surface area contributed by atoms with Gasteiger partial charge in [-0.05, 0) is 37.3 Å². The molecular formula is C16H22N2OS. The number of rotatable bonds is 2. The van der Waals surface area contributed by atoms with Crippen molar-refractivity contribution in [2.75, 3.05) is 13.1 Å². The van der Waals surface area contributed by atoms with Gasteiger partial charge in [-0.25, -0.2) is 0 Å². The fraction of sp³-hybridized carbons (Fsp3) is 0.688. The smallest absolute Gasteiger partial charge is 0.263 e. The van der Waals surface area contributed by atoms with E-state index in [1.165, 1.54) is 49.0 Å². The van der Waals surface area contributed by atoms with Crippen LogP contribution in [0, 0.1) is 0 Å². The van der Waals surface area contributed by atoms with Crippen LogP contribution in [0.1, 0.15) is 58.6 Å². The lowest BCUT2D eigenvalue weighted by atomic mass is 10.2. The van der Waals surface area contributed by atoms with Crippen molar-refractivity contribution in [2.45, 2.75) is 57.7 Å². The number of nitrogens with zero attached hydrogens (tertiary/aromatic N) is 2. The SMILES string of the molecule is O=C(c1cc2c(s1)CN(C1CC1)C2)N1CCCCCC1. The first kappa shape index (κ1) is 12.8. The van der Waals surface area contributed by atoms with Crippen LogP contribution < -0.4 is 0 Å². The zero-order chi connectivity index (χ0) is 13.5. The van der Waals surface area contributed by atoms with Crippen LogP contribution in [0.3, 0.4) is 0 Å². The van der Waals surface area contributed by atoms with E-state index in [1.54, 1.807) is 11.3 Å². The van der Waals surface area contributed by atoms with Gasteiger partial charge in [0.2, 0.25) is 0 Å². The molecule has 0 bridgehead atoms. The Hall–Kier alpha value is -0.870. The Balaban J connectivity index is 1.47. The van der Waals surface area contributed by atoms with Crippen molar-refractivity contribution in [3.05, 3.63) is 21.4 Å². The molecule has 4 heteroatoms. The first-order valence-electron chi connectivity index (χ1n) is 7.96. The standard InChI is InChI=1S/C16H22N2OS/c19-16(17-7-3-1-2-4-8-17)14-9-12-10-18(13-5-6-13)11-15(12)20-14/h9,13H,1-8,10-11H2. The molecule has 1 amide bonds. The van der Waals surface area contributed by atoms with E-state index in [0.717, 1.165) is 37.1 Å².